The van der Waals surface area contributed by atoms with E-state index in [1.165, 1.54) is 26.4 Å². The topological polar surface area (TPSA) is 163 Å². The van der Waals surface area contributed by atoms with Gasteiger partial charge in [0.2, 0.25) is 5.69 Å². The highest BCUT2D eigenvalue weighted by atomic mass is 16.6. The zero-order valence-electron chi connectivity index (χ0n) is 17.9. The van der Waals surface area contributed by atoms with E-state index in [1.54, 1.807) is 36.4 Å². The molecule has 174 valence electrons. The van der Waals surface area contributed by atoms with Gasteiger partial charge in [0.1, 0.15) is 17.8 Å². The van der Waals surface area contributed by atoms with E-state index in [9.17, 15) is 30.3 Å². The van der Waals surface area contributed by atoms with Gasteiger partial charge in [0.05, 0.1) is 46.8 Å². The molecule has 0 atom stereocenters. The van der Waals surface area contributed by atoms with Gasteiger partial charge in [-0.3, -0.25) is 35.2 Å². The Morgan fingerprint density at radius 1 is 0.765 bits per heavy atom. The number of aliphatic imine (C=N–C) groups is 1. The SMILES string of the molecule is COc1ccc(N=CN(c2ccc(OC)cc2)c2c([N+](=O)[O-])cc([N+](=O)[O-])cc2[N+](=O)[O-])cc1. The van der Waals surface area contributed by atoms with E-state index in [-0.39, 0.29) is 5.69 Å². The second-order valence-corrected chi connectivity index (χ2v) is 6.61. The molecule has 3 rings (SSSR count). The lowest BCUT2D eigenvalue weighted by Gasteiger charge is -2.20. The molecule has 0 unspecified atom stereocenters. The van der Waals surface area contributed by atoms with Crippen LogP contribution >= 0.6 is 0 Å². The van der Waals surface area contributed by atoms with Crippen LogP contribution in [0.2, 0.25) is 0 Å². The molecule has 0 fully saturated rings. The fraction of sp³-hybridized carbons (Fsp3) is 0.0952. The molecule has 0 N–H and O–H groups in total. The molecule has 0 heterocycles. The number of nitro groups is 3. The van der Waals surface area contributed by atoms with Crippen molar-refractivity contribution in [2.45, 2.75) is 0 Å². The first kappa shape index (κ1) is 23.6. The highest BCUT2D eigenvalue weighted by molar-refractivity contribution is 5.98. The van der Waals surface area contributed by atoms with Crippen LogP contribution in [0.3, 0.4) is 0 Å². The van der Waals surface area contributed by atoms with Crippen LogP contribution < -0.4 is 14.4 Å². The summed E-state index contributed by atoms with van der Waals surface area (Å²) in [6.07, 6.45) is 1.16. The van der Waals surface area contributed by atoms with Gasteiger partial charge in [-0.2, -0.15) is 0 Å². The summed E-state index contributed by atoms with van der Waals surface area (Å²) in [5.74, 6) is 1.05. The Balaban J connectivity index is 2.26. The lowest BCUT2D eigenvalue weighted by Crippen LogP contribution is -2.18. The molecule has 13 heteroatoms. The van der Waals surface area contributed by atoms with Gasteiger partial charge < -0.3 is 9.47 Å². The summed E-state index contributed by atoms with van der Waals surface area (Å²) in [6.45, 7) is 0. The van der Waals surface area contributed by atoms with Gasteiger partial charge in [-0.25, -0.2) is 4.99 Å². The third-order valence-electron chi connectivity index (χ3n) is 4.64. The molecule has 0 aromatic heterocycles. The molecule has 0 aliphatic rings. The molecule has 0 aliphatic carbocycles. The molecule has 34 heavy (non-hydrogen) atoms. The number of hydrogen-bond acceptors (Lipinski definition) is 9. The maximum absolute atomic E-state index is 11.8. The molecule has 0 spiro atoms. The van der Waals surface area contributed by atoms with Gasteiger partial charge in [0, 0.05) is 5.69 Å². The van der Waals surface area contributed by atoms with Gasteiger partial charge in [0.25, 0.3) is 5.69 Å². The number of rotatable bonds is 9. The normalized spacial score (nSPS) is 10.6. The van der Waals surface area contributed by atoms with Crippen molar-refractivity contribution in [2.75, 3.05) is 19.1 Å². The average Bonchev–Trinajstić information content (AvgIpc) is 2.84. The van der Waals surface area contributed by atoms with Gasteiger partial charge in [-0.1, -0.05) is 0 Å². The van der Waals surface area contributed by atoms with E-state index in [1.807, 2.05) is 0 Å². The average molecular weight is 467 g/mol. The van der Waals surface area contributed by atoms with Crippen molar-refractivity contribution in [3.63, 3.8) is 0 Å². The van der Waals surface area contributed by atoms with Crippen molar-refractivity contribution in [1.29, 1.82) is 0 Å². The summed E-state index contributed by atoms with van der Waals surface area (Å²) in [5, 5.41) is 34.8. The minimum absolute atomic E-state index is 0.262. The van der Waals surface area contributed by atoms with Crippen LogP contribution in [0.15, 0.2) is 65.7 Å². The predicted octanol–water partition coefficient (Wildman–Crippen LogP) is 4.93. The number of anilines is 2. The van der Waals surface area contributed by atoms with Crippen molar-refractivity contribution in [2.24, 2.45) is 4.99 Å². The summed E-state index contributed by atoms with van der Waals surface area (Å²) in [7, 11) is 2.94. The molecule has 0 radical (unpaired) electrons. The molecule has 13 nitrogen and oxygen atoms in total. The van der Waals surface area contributed by atoms with Crippen LogP contribution in [0, 0.1) is 30.3 Å². The van der Waals surface area contributed by atoms with Gasteiger partial charge >= 0.3 is 11.4 Å². The number of nitro benzene ring substituents is 3. The smallest absolute Gasteiger partial charge is 0.307 e. The molecular weight excluding hydrogens is 450 g/mol. The van der Waals surface area contributed by atoms with Crippen molar-refractivity contribution in [3.8, 4) is 11.5 Å². The zero-order chi connectivity index (χ0) is 24.8. The van der Waals surface area contributed by atoms with Crippen LogP contribution in [0.5, 0.6) is 11.5 Å². The molecule has 3 aromatic carbocycles. The summed E-state index contributed by atoms with van der Waals surface area (Å²) >= 11 is 0. The van der Waals surface area contributed by atoms with Gasteiger partial charge in [-0.05, 0) is 48.5 Å². The molecule has 0 aliphatic heterocycles. The predicted molar refractivity (Wildman–Crippen MR) is 123 cm³/mol. The number of benzene rings is 3. The van der Waals surface area contributed by atoms with Crippen LogP contribution in [0.1, 0.15) is 0 Å². The van der Waals surface area contributed by atoms with Crippen molar-refractivity contribution in [3.05, 3.63) is 91.0 Å². The quantitative estimate of drug-likeness (QED) is 0.184. The number of nitrogens with zero attached hydrogens (tertiary/aromatic N) is 5. The summed E-state index contributed by atoms with van der Waals surface area (Å²) in [6, 6.07) is 13.9. The fourth-order valence-electron chi connectivity index (χ4n) is 3.01. The minimum atomic E-state index is -0.938. The van der Waals surface area contributed by atoms with E-state index in [2.05, 4.69) is 4.99 Å². The number of hydrogen-bond donors (Lipinski definition) is 0. The monoisotopic (exact) mass is 467 g/mol. The summed E-state index contributed by atoms with van der Waals surface area (Å²) < 4.78 is 10.2. The molecule has 0 bridgehead atoms. The van der Waals surface area contributed by atoms with Crippen molar-refractivity contribution < 1.29 is 24.2 Å². The largest absolute Gasteiger partial charge is 0.497 e. The Hall–Kier alpha value is -5.07. The standard InChI is InChI=1S/C21H17N5O8/c1-33-17-7-3-14(4-8-17)22-13-23(15-5-9-18(34-2)10-6-15)21-19(25(29)30)11-16(24(27)28)12-20(21)26(31)32/h3-13H,1-2H3. The first-order chi connectivity index (χ1) is 16.2. The van der Waals surface area contributed by atoms with E-state index >= 15 is 0 Å². The highest BCUT2D eigenvalue weighted by Crippen LogP contribution is 2.43. The second kappa shape index (κ2) is 10.0. The molecule has 0 saturated heterocycles. The van der Waals surface area contributed by atoms with Gasteiger partial charge in [0.15, 0.2) is 0 Å². The Labute approximate surface area is 191 Å². The summed E-state index contributed by atoms with van der Waals surface area (Å²) in [4.78, 5) is 37.4. The maximum Gasteiger partial charge on any atom is 0.307 e. The Kier molecular flexibility index (Phi) is 6.96. The molecule has 0 amide bonds. The maximum atomic E-state index is 11.8. The minimum Gasteiger partial charge on any atom is -0.497 e. The van der Waals surface area contributed by atoms with Crippen molar-refractivity contribution in [1.82, 2.24) is 0 Å². The number of ether oxygens (including phenoxy) is 2. The second-order valence-electron chi connectivity index (χ2n) is 6.61. The van der Waals surface area contributed by atoms with Crippen LogP contribution in [0.25, 0.3) is 0 Å². The van der Waals surface area contributed by atoms with E-state index in [0.717, 1.165) is 11.2 Å². The van der Waals surface area contributed by atoms with Gasteiger partial charge in [-0.15, -0.1) is 0 Å². The fourth-order valence-corrected chi connectivity index (χ4v) is 3.01. The van der Waals surface area contributed by atoms with E-state index in [0.29, 0.717) is 29.3 Å². The first-order valence-corrected chi connectivity index (χ1v) is 9.48. The molecular formula is C21H17N5O8. The third-order valence-corrected chi connectivity index (χ3v) is 4.64. The Morgan fingerprint density at radius 3 is 1.65 bits per heavy atom. The Morgan fingerprint density at radius 2 is 1.24 bits per heavy atom. The number of methoxy groups -OCH3 is 2. The number of non-ortho nitro benzene ring substituents is 1. The molecule has 0 saturated carbocycles. The third kappa shape index (κ3) is 5.04. The van der Waals surface area contributed by atoms with Crippen LogP contribution in [0.4, 0.5) is 34.1 Å². The summed E-state index contributed by atoms with van der Waals surface area (Å²) in [5.41, 5.74) is -2.27. The van der Waals surface area contributed by atoms with E-state index in [4.69, 9.17) is 9.47 Å². The van der Waals surface area contributed by atoms with E-state index < -0.39 is 37.5 Å². The molecule has 3 aromatic rings. The zero-order valence-corrected chi connectivity index (χ0v) is 17.9. The van der Waals surface area contributed by atoms with Crippen LogP contribution in [-0.4, -0.2) is 35.3 Å². The lowest BCUT2D eigenvalue weighted by atomic mass is 10.1. The van der Waals surface area contributed by atoms with Crippen molar-refractivity contribution >= 4 is 40.5 Å². The lowest BCUT2D eigenvalue weighted by molar-refractivity contribution is -0.402. The first-order valence-electron chi connectivity index (χ1n) is 9.48. The Bertz CT molecular complexity index is 1220. The highest BCUT2D eigenvalue weighted by Gasteiger charge is 2.34. The van der Waals surface area contributed by atoms with Crippen LogP contribution in [-0.2, 0) is 0 Å².